The first kappa shape index (κ1) is 21.5. The maximum Gasteiger partial charge on any atom is 0.251 e. The van der Waals surface area contributed by atoms with Crippen LogP contribution in [0.4, 0.5) is 0 Å². The number of benzene rings is 2. The molecule has 1 aliphatic heterocycles. The zero-order valence-corrected chi connectivity index (χ0v) is 18.3. The summed E-state index contributed by atoms with van der Waals surface area (Å²) in [6.07, 6.45) is 0. The first-order valence-corrected chi connectivity index (χ1v) is 10.7. The quantitative estimate of drug-likeness (QED) is 0.808. The molecule has 29 heavy (non-hydrogen) atoms. The summed E-state index contributed by atoms with van der Waals surface area (Å²) in [6, 6.07) is 18.8. The average Bonchev–Trinajstić information content (AvgIpc) is 2.69. The highest BCUT2D eigenvalue weighted by Gasteiger charge is 2.20. The van der Waals surface area contributed by atoms with Gasteiger partial charge in [-0.15, -0.1) is 0 Å². The predicted molar refractivity (Wildman–Crippen MR) is 120 cm³/mol. The van der Waals surface area contributed by atoms with E-state index < -0.39 is 0 Å². The monoisotopic (exact) mass is 393 g/mol. The molecule has 3 rings (SSSR count). The lowest BCUT2D eigenvalue weighted by Gasteiger charge is -2.36. The van der Waals surface area contributed by atoms with Crippen LogP contribution in [-0.4, -0.2) is 54.5 Å². The van der Waals surface area contributed by atoms with Gasteiger partial charge >= 0.3 is 0 Å². The van der Waals surface area contributed by atoms with E-state index in [-0.39, 0.29) is 17.4 Å². The third-order valence-corrected chi connectivity index (χ3v) is 5.64. The Bertz CT molecular complexity index is 772. The largest absolute Gasteiger partial charge is 0.348 e. The van der Waals surface area contributed by atoms with Crippen LogP contribution in [-0.2, 0) is 12.0 Å². The molecule has 156 valence electrons. The molecular weight excluding hydrogens is 358 g/mol. The van der Waals surface area contributed by atoms with Gasteiger partial charge < -0.3 is 5.32 Å². The van der Waals surface area contributed by atoms with Crippen LogP contribution in [0, 0.1) is 0 Å². The van der Waals surface area contributed by atoms with E-state index in [2.05, 4.69) is 85.3 Å². The fraction of sp³-hybridized carbons (Fsp3) is 0.480. The topological polar surface area (TPSA) is 35.6 Å². The maximum absolute atomic E-state index is 12.6. The Kier molecular flexibility index (Phi) is 7.09. The molecule has 2 aromatic carbocycles. The van der Waals surface area contributed by atoms with E-state index in [1.165, 1.54) is 11.1 Å². The van der Waals surface area contributed by atoms with Crippen molar-refractivity contribution in [1.29, 1.82) is 0 Å². The molecule has 1 fully saturated rings. The number of piperazine rings is 1. The number of carbonyl (C=O) groups is 1. The van der Waals surface area contributed by atoms with Crippen LogP contribution in [0.5, 0.6) is 0 Å². The number of hydrogen-bond donors (Lipinski definition) is 1. The van der Waals surface area contributed by atoms with Crippen LogP contribution in [0.25, 0.3) is 0 Å². The van der Waals surface area contributed by atoms with E-state index in [0.29, 0.717) is 0 Å². The normalized spacial score (nSPS) is 17.1. The number of hydrogen-bond acceptors (Lipinski definition) is 3. The van der Waals surface area contributed by atoms with Crippen molar-refractivity contribution in [2.75, 3.05) is 32.7 Å². The van der Waals surface area contributed by atoms with Crippen LogP contribution < -0.4 is 5.32 Å². The molecule has 0 unspecified atom stereocenters. The molecule has 0 spiro atoms. The summed E-state index contributed by atoms with van der Waals surface area (Å²) in [5.74, 6) is 0.0145. The van der Waals surface area contributed by atoms with Crippen LogP contribution in [0.1, 0.15) is 49.2 Å². The lowest BCUT2D eigenvalue weighted by molar-refractivity contribution is 0.0900. The molecule has 0 saturated carbocycles. The molecule has 1 amide bonds. The molecule has 1 N–H and O–H groups in total. The first-order chi connectivity index (χ1) is 13.8. The van der Waals surface area contributed by atoms with Gasteiger partial charge in [0.1, 0.15) is 0 Å². The SMILES string of the molecule is C[C@@H](CN1CCN(Cc2ccccc2)CC1)NC(=O)c1ccc(C(C)(C)C)cc1. The minimum absolute atomic E-state index is 0.0145. The lowest BCUT2D eigenvalue weighted by Crippen LogP contribution is -2.50. The van der Waals surface area contributed by atoms with Crippen molar-refractivity contribution in [3.63, 3.8) is 0 Å². The van der Waals surface area contributed by atoms with Gasteiger partial charge in [0.25, 0.3) is 5.91 Å². The highest BCUT2D eigenvalue weighted by atomic mass is 16.1. The molecule has 0 bridgehead atoms. The minimum Gasteiger partial charge on any atom is -0.348 e. The second-order valence-corrected chi connectivity index (χ2v) is 9.26. The van der Waals surface area contributed by atoms with Crippen molar-refractivity contribution >= 4 is 5.91 Å². The fourth-order valence-electron chi connectivity index (χ4n) is 3.83. The number of nitrogens with one attached hydrogen (secondary N) is 1. The predicted octanol–water partition coefficient (Wildman–Crippen LogP) is 3.92. The van der Waals surface area contributed by atoms with E-state index in [1.54, 1.807) is 0 Å². The third kappa shape index (κ3) is 6.41. The van der Waals surface area contributed by atoms with Gasteiger partial charge in [-0.25, -0.2) is 0 Å². The summed E-state index contributed by atoms with van der Waals surface area (Å²) in [7, 11) is 0. The Labute approximate surface area is 175 Å². The standard InChI is InChI=1S/C25H35N3O/c1-20(26-24(29)22-10-12-23(13-11-22)25(2,3)4)18-27-14-16-28(17-15-27)19-21-8-6-5-7-9-21/h5-13,20H,14-19H2,1-4H3,(H,26,29)/t20-/m0/s1. The molecular formula is C25H35N3O. The second-order valence-electron chi connectivity index (χ2n) is 9.26. The highest BCUT2D eigenvalue weighted by Crippen LogP contribution is 2.22. The van der Waals surface area contributed by atoms with Crippen molar-refractivity contribution in [2.24, 2.45) is 0 Å². The number of amides is 1. The van der Waals surface area contributed by atoms with Crippen molar-refractivity contribution in [1.82, 2.24) is 15.1 Å². The molecule has 2 aromatic rings. The highest BCUT2D eigenvalue weighted by molar-refractivity contribution is 5.94. The van der Waals surface area contributed by atoms with Gasteiger partial charge in [-0.2, -0.15) is 0 Å². The number of rotatable bonds is 6. The van der Waals surface area contributed by atoms with Gasteiger partial charge in [0, 0.05) is 50.9 Å². The summed E-state index contributed by atoms with van der Waals surface area (Å²) in [6.45, 7) is 14.8. The van der Waals surface area contributed by atoms with Gasteiger partial charge in [0.15, 0.2) is 0 Å². The van der Waals surface area contributed by atoms with E-state index in [9.17, 15) is 4.79 Å². The molecule has 4 nitrogen and oxygen atoms in total. The molecule has 0 aromatic heterocycles. The Balaban J connectivity index is 1.43. The molecule has 1 saturated heterocycles. The van der Waals surface area contributed by atoms with Crippen LogP contribution in [0.15, 0.2) is 54.6 Å². The smallest absolute Gasteiger partial charge is 0.251 e. The van der Waals surface area contributed by atoms with Crippen molar-refractivity contribution in [3.8, 4) is 0 Å². The lowest BCUT2D eigenvalue weighted by atomic mass is 9.86. The van der Waals surface area contributed by atoms with Crippen molar-refractivity contribution < 1.29 is 4.79 Å². The third-order valence-electron chi connectivity index (χ3n) is 5.64. The molecule has 4 heteroatoms. The van der Waals surface area contributed by atoms with Gasteiger partial charge in [-0.05, 0) is 35.6 Å². The fourth-order valence-corrected chi connectivity index (χ4v) is 3.83. The van der Waals surface area contributed by atoms with E-state index in [4.69, 9.17) is 0 Å². The maximum atomic E-state index is 12.6. The Morgan fingerprint density at radius 2 is 1.52 bits per heavy atom. The van der Waals surface area contributed by atoms with E-state index in [1.807, 2.05) is 12.1 Å². The van der Waals surface area contributed by atoms with E-state index >= 15 is 0 Å². The zero-order chi connectivity index (χ0) is 20.9. The molecule has 1 atom stereocenters. The van der Waals surface area contributed by atoms with Gasteiger partial charge in [0.2, 0.25) is 0 Å². The van der Waals surface area contributed by atoms with Crippen molar-refractivity contribution in [2.45, 2.75) is 45.7 Å². The number of nitrogens with zero attached hydrogens (tertiary/aromatic N) is 2. The summed E-state index contributed by atoms with van der Waals surface area (Å²) in [5.41, 5.74) is 3.46. The van der Waals surface area contributed by atoms with Gasteiger partial charge in [-0.1, -0.05) is 63.2 Å². The van der Waals surface area contributed by atoms with Crippen LogP contribution in [0.2, 0.25) is 0 Å². The van der Waals surface area contributed by atoms with Crippen LogP contribution >= 0.6 is 0 Å². The first-order valence-electron chi connectivity index (χ1n) is 10.7. The van der Waals surface area contributed by atoms with Gasteiger partial charge in [-0.3, -0.25) is 14.6 Å². The summed E-state index contributed by atoms with van der Waals surface area (Å²) in [4.78, 5) is 17.5. The zero-order valence-electron chi connectivity index (χ0n) is 18.3. The molecule has 0 radical (unpaired) electrons. The Hall–Kier alpha value is -2.17. The Morgan fingerprint density at radius 1 is 0.931 bits per heavy atom. The average molecular weight is 394 g/mol. The molecule has 1 heterocycles. The molecule has 1 aliphatic rings. The number of carbonyl (C=O) groups excluding carboxylic acids is 1. The summed E-state index contributed by atoms with van der Waals surface area (Å²) < 4.78 is 0. The Morgan fingerprint density at radius 3 is 2.10 bits per heavy atom. The second kappa shape index (κ2) is 9.55. The van der Waals surface area contributed by atoms with Crippen molar-refractivity contribution in [3.05, 3.63) is 71.3 Å². The summed E-state index contributed by atoms with van der Waals surface area (Å²) >= 11 is 0. The molecule has 0 aliphatic carbocycles. The van der Waals surface area contributed by atoms with E-state index in [0.717, 1.165) is 44.8 Å². The minimum atomic E-state index is 0.0145. The summed E-state index contributed by atoms with van der Waals surface area (Å²) in [5, 5.41) is 3.16. The van der Waals surface area contributed by atoms with Crippen LogP contribution in [0.3, 0.4) is 0 Å². The van der Waals surface area contributed by atoms with Gasteiger partial charge in [0.05, 0.1) is 0 Å².